The number of rotatable bonds is 2. The van der Waals surface area contributed by atoms with E-state index in [0.29, 0.717) is 11.5 Å². The highest BCUT2D eigenvalue weighted by Gasteiger charge is 2.31. The largest absolute Gasteiger partial charge is 0.338 e. The van der Waals surface area contributed by atoms with E-state index < -0.39 is 0 Å². The summed E-state index contributed by atoms with van der Waals surface area (Å²) in [5.41, 5.74) is 0.440. The van der Waals surface area contributed by atoms with Crippen LogP contribution >= 0.6 is 43.2 Å². The van der Waals surface area contributed by atoms with Gasteiger partial charge in [-0.1, -0.05) is 13.8 Å². The molecule has 0 bridgehead atoms. The standard InChI is InChI=1S/C14H19Br2NOS/c1-14(2)6-4-9(5-7-14)17(3)13(18)11-8-10(15)12(16)19-11/h8-9H,4-7H2,1-3H3. The summed E-state index contributed by atoms with van der Waals surface area (Å²) in [4.78, 5) is 15.2. The highest BCUT2D eigenvalue weighted by molar-refractivity contribution is 9.13. The molecular weight excluding hydrogens is 390 g/mol. The fourth-order valence-electron chi connectivity index (χ4n) is 2.56. The van der Waals surface area contributed by atoms with Gasteiger partial charge in [0.2, 0.25) is 0 Å². The van der Waals surface area contributed by atoms with Gasteiger partial charge >= 0.3 is 0 Å². The third kappa shape index (κ3) is 3.61. The third-order valence-corrected chi connectivity index (χ3v) is 7.28. The number of hydrogen-bond acceptors (Lipinski definition) is 2. The average Bonchev–Trinajstić information content (AvgIpc) is 2.68. The van der Waals surface area contributed by atoms with Crippen LogP contribution in [-0.4, -0.2) is 23.9 Å². The Labute approximate surface area is 135 Å². The van der Waals surface area contributed by atoms with Crippen LogP contribution in [0.2, 0.25) is 0 Å². The van der Waals surface area contributed by atoms with Crippen LogP contribution in [0.5, 0.6) is 0 Å². The second-order valence-electron chi connectivity index (χ2n) is 6.04. The van der Waals surface area contributed by atoms with Gasteiger partial charge in [-0.05, 0) is 69.0 Å². The van der Waals surface area contributed by atoms with Crippen LogP contribution in [0.1, 0.15) is 49.2 Å². The first kappa shape index (κ1) is 15.5. The summed E-state index contributed by atoms with van der Waals surface area (Å²) in [6, 6.07) is 2.29. The fraction of sp³-hybridized carbons (Fsp3) is 0.643. The zero-order chi connectivity index (χ0) is 14.2. The summed E-state index contributed by atoms with van der Waals surface area (Å²) in [7, 11) is 1.94. The van der Waals surface area contributed by atoms with Gasteiger partial charge in [-0.3, -0.25) is 4.79 Å². The molecule has 0 radical (unpaired) electrons. The van der Waals surface area contributed by atoms with Crippen molar-refractivity contribution in [2.45, 2.75) is 45.6 Å². The van der Waals surface area contributed by atoms with Gasteiger partial charge in [0, 0.05) is 17.6 Å². The molecule has 19 heavy (non-hydrogen) atoms. The number of halogens is 2. The minimum Gasteiger partial charge on any atom is -0.338 e. The zero-order valence-electron chi connectivity index (χ0n) is 11.5. The van der Waals surface area contributed by atoms with Gasteiger partial charge in [-0.15, -0.1) is 11.3 Å². The molecule has 1 heterocycles. The average molecular weight is 409 g/mol. The van der Waals surface area contributed by atoms with E-state index in [-0.39, 0.29) is 5.91 Å². The van der Waals surface area contributed by atoms with Crippen LogP contribution in [-0.2, 0) is 0 Å². The Balaban J connectivity index is 2.04. The molecule has 0 N–H and O–H groups in total. The summed E-state index contributed by atoms with van der Waals surface area (Å²) >= 11 is 8.38. The molecule has 0 aromatic carbocycles. The lowest BCUT2D eigenvalue weighted by Crippen LogP contribution is -2.40. The van der Waals surface area contributed by atoms with E-state index >= 15 is 0 Å². The van der Waals surface area contributed by atoms with E-state index in [1.807, 2.05) is 18.0 Å². The van der Waals surface area contributed by atoms with Crippen molar-refractivity contribution in [1.82, 2.24) is 4.90 Å². The number of thiophene rings is 1. The molecule has 0 atom stereocenters. The van der Waals surface area contributed by atoms with Crippen molar-refractivity contribution >= 4 is 49.1 Å². The number of carbonyl (C=O) groups is 1. The van der Waals surface area contributed by atoms with Gasteiger partial charge < -0.3 is 4.90 Å². The normalized spacial score (nSPS) is 19.4. The first-order valence-electron chi connectivity index (χ1n) is 6.52. The predicted octanol–water partition coefficient (Wildman–Crippen LogP) is 5.31. The molecule has 1 aliphatic rings. The molecule has 0 aliphatic heterocycles. The maximum Gasteiger partial charge on any atom is 0.263 e. The van der Waals surface area contributed by atoms with Crippen LogP contribution in [0.15, 0.2) is 14.3 Å². The predicted molar refractivity (Wildman–Crippen MR) is 87.8 cm³/mol. The maximum absolute atomic E-state index is 12.5. The van der Waals surface area contributed by atoms with Crippen LogP contribution in [0.4, 0.5) is 0 Å². The van der Waals surface area contributed by atoms with Crippen LogP contribution in [0.25, 0.3) is 0 Å². The molecule has 1 saturated carbocycles. The molecule has 1 aliphatic carbocycles. The molecule has 1 amide bonds. The van der Waals surface area contributed by atoms with Crippen molar-refractivity contribution in [2.75, 3.05) is 7.05 Å². The number of amides is 1. The molecule has 106 valence electrons. The first-order chi connectivity index (χ1) is 8.80. The van der Waals surface area contributed by atoms with Gasteiger partial charge in [-0.2, -0.15) is 0 Å². The minimum absolute atomic E-state index is 0.140. The Morgan fingerprint density at radius 1 is 1.37 bits per heavy atom. The van der Waals surface area contributed by atoms with Gasteiger partial charge in [0.05, 0.1) is 8.66 Å². The van der Waals surface area contributed by atoms with Gasteiger partial charge in [0.15, 0.2) is 0 Å². The molecule has 2 rings (SSSR count). The Morgan fingerprint density at radius 3 is 2.42 bits per heavy atom. The quantitative estimate of drug-likeness (QED) is 0.648. The second-order valence-corrected chi connectivity index (χ2v) is 9.27. The summed E-state index contributed by atoms with van der Waals surface area (Å²) in [6.45, 7) is 4.64. The number of nitrogens with zero attached hydrogens (tertiary/aromatic N) is 1. The monoisotopic (exact) mass is 407 g/mol. The minimum atomic E-state index is 0.140. The topological polar surface area (TPSA) is 20.3 Å². The summed E-state index contributed by atoms with van der Waals surface area (Å²) in [5, 5.41) is 0. The zero-order valence-corrected chi connectivity index (χ0v) is 15.5. The Bertz CT molecular complexity index is 454. The summed E-state index contributed by atoms with van der Waals surface area (Å²) in [6.07, 6.45) is 4.63. The first-order valence-corrected chi connectivity index (χ1v) is 8.92. The highest BCUT2D eigenvalue weighted by Crippen LogP contribution is 2.38. The van der Waals surface area contributed by atoms with Gasteiger partial charge in [0.25, 0.3) is 5.91 Å². The molecule has 1 aromatic rings. The molecular formula is C14H19Br2NOS. The summed E-state index contributed by atoms with van der Waals surface area (Å²) < 4.78 is 1.94. The molecule has 1 fully saturated rings. The highest BCUT2D eigenvalue weighted by atomic mass is 79.9. The Kier molecular flexibility index (Phi) is 4.79. The maximum atomic E-state index is 12.5. The van der Waals surface area contributed by atoms with E-state index in [9.17, 15) is 4.79 Å². The van der Waals surface area contributed by atoms with Crippen LogP contribution in [0, 0.1) is 5.41 Å². The van der Waals surface area contributed by atoms with Crippen molar-refractivity contribution < 1.29 is 4.79 Å². The van der Waals surface area contributed by atoms with E-state index in [4.69, 9.17) is 0 Å². The Hall–Kier alpha value is 0.130. The molecule has 0 saturated heterocycles. The lowest BCUT2D eigenvalue weighted by atomic mass is 9.75. The molecule has 2 nitrogen and oxygen atoms in total. The SMILES string of the molecule is CN(C(=O)c1cc(Br)c(Br)s1)C1CCC(C)(C)CC1. The lowest BCUT2D eigenvalue weighted by molar-refractivity contribution is 0.0640. The van der Waals surface area contributed by atoms with Crippen molar-refractivity contribution in [2.24, 2.45) is 5.41 Å². The summed E-state index contributed by atoms with van der Waals surface area (Å²) in [5.74, 6) is 0.140. The van der Waals surface area contributed by atoms with E-state index in [1.165, 1.54) is 24.2 Å². The third-order valence-electron chi connectivity index (χ3n) is 4.03. The van der Waals surface area contributed by atoms with Gasteiger partial charge in [0.1, 0.15) is 0 Å². The smallest absolute Gasteiger partial charge is 0.263 e. The number of hydrogen-bond donors (Lipinski definition) is 0. The molecule has 0 unspecified atom stereocenters. The molecule has 1 aromatic heterocycles. The Morgan fingerprint density at radius 2 is 1.95 bits per heavy atom. The van der Waals surface area contributed by atoms with Crippen LogP contribution < -0.4 is 0 Å². The van der Waals surface area contributed by atoms with E-state index in [1.54, 1.807) is 0 Å². The van der Waals surface area contributed by atoms with Crippen molar-refractivity contribution in [3.8, 4) is 0 Å². The van der Waals surface area contributed by atoms with Crippen molar-refractivity contribution in [1.29, 1.82) is 0 Å². The van der Waals surface area contributed by atoms with Crippen molar-refractivity contribution in [3.63, 3.8) is 0 Å². The van der Waals surface area contributed by atoms with Crippen LogP contribution in [0.3, 0.4) is 0 Å². The van der Waals surface area contributed by atoms with E-state index in [0.717, 1.165) is 26.0 Å². The van der Waals surface area contributed by atoms with Gasteiger partial charge in [-0.25, -0.2) is 0 Å². The van der Waals surface area contributed by atoms with E-state index in [2.05, 4.69) is 45.7 Å². The van der Waals surface area contributed by atoms with Crippen molar-refractivity contribution in [3.05, 3.63) is 19.2 Å². The number of carbonyl (C=O) groups excluding carboxylic acids is 1. The second kappa shape index (κ2) is 5.86. The lowest BCUT2D eigenvalue weighted by Gasteiger charge is -2.38. The molecule has 5 heteroatoms. The molecule has 0 spiro atoms. The fourth-order valence-corrected chi connectivity index (χ4v) is 4.58.